The second-order valence-electron chi connectivity index (χ2n) is 11.4. The predicted octanol–water partition coefficient (Wildman–Crippen LogP) is 6.21. The van der Waals surface area contributed by atoms with E-state index in [-0.39, 0.29) is 22.7 Å². The van der Waals surface area contributed by atoms with Gasteiger partial charge in [-0.1, -0.05) is 65.9 Å². The van der Waals surface area contributed by atoms with Gasteiger partial charge in [-0.3, -0.25) is 19.5 Å². The topological polar surface area (TPSA) is 157 Å². The number of aromatic hydroxyl groups is 1. The number of aliphatic hydroxyl groups excluding tert-OH is 1. The summed E-state index contributed by atoms with van der Waals surface area (Å²) < 4.78 is 2.70. The van der Waals surface area contributed by atoms with E-state index >= 15 is 0 Å². The zero-order valence-corrected chi connectivity index (χ0v) is 26.2. The quantitative estimate of drug-likeness (QED) is 0.0860. The second-order valence-corrected chi connectivity index (χ2v) is 12.4. The number of aromatic amines is 1. The summed E-state index contributed by atoms with van der Waals surface area (Å²) in [4.78, 5) is 38.6. The normalized spacial score (nSPS) is 12.0. The summed E-state index contributed by atoms with van der Waals surface area (Å²) in [6.45, 7) is 1.31. The highest BCUT2D eigenvalue weighted by molar-refractivity contribution is 7.16. The van der Waals surface area contributed by atoms with Gasteiger partial charge in [-0.25, -0.2) is 4.79 Å². The number of phenolic OH excluding ortho intramolecular Hbond substituents is 1. The molecule has 11 heteroatoms. The minimum absolute atomic E-state index is 0.0158. The summed E-state index contributed by atoms with van der Waals surface area (Å²) in [6.07, 6.45) is 0.389. The molecule has 0 aliphatic carbocycles. The van der Waals surface area contributed by atoms with Crippen LogP contribution in [0.3, 0.4) is 0 Å². The molecule has 2 heterocycles. The van der Waals surface area contributed by atoms with Crippen LogP contribution in [-0.2, 0) is 19.5 Å². The summed E-state index contributed by atoms with van der Waals surface area (Å²) in [5, 5.41) is 36.7. The zero-order chi connectivity index (χ0) is 32.9. The van der Waals surface area contributed by atoms with E-state index in [0.29, 0.717) is 35.2 Å². The number of nitrogens with one attached hydrogen (secondary N) is 3. The highest BCUT2D eigenvalue weighted by Gasteiger charge is 2.15. The number of thiazole rings is 1. The number of hydrogen-bond donors (Lipinski definition) is 6. The number of anilines is 1. The molecule has 0 radical (unpaired) electrons. The first-order valence-corrected chi connectivity index (χ1v) is 16.1. The van der Waals surface area contributed by atoms with E-state index in [1.165, 1.54) is 23.5 Å². The Labute approximate surface area is 273 Å². The number of hydrogen-bond acceptors (Lipinski definition) is 7. The Morgan fingerprint density at radius 2 is 1.72 bits per heavy atom. The van der Waals surface area contributed by atoms with Crippen LogP contribution in [0.4, 0.5) is 10.5 Å². The molecule has 1 amide bonds. The van der Waals surface area contributed by atoms with E-state index in [1.807, 2.05) is 66.7 Å². The van der Waals surface area contributed by atoms with Crippen LogP contribution >= 0.6 is 11.3 Å². The van der Waals surface area contributed by atoms with E-state index < -0.39 is 12.2 Å². The summed E-state index contributed by atoms with van der Waals surface area (Å²) >= 11 is 1.21. The lowest BCUT2D eigenvalue weighted by Crippen LogP contribution is -2.21. The average molecular weight is 651 g/mol. The average Bonchev–Trinajstić information content (AvgIpc) is 3.37. The van der Waals surface area contributed by atoms with Crippen molar-refractivity contribution in [1.82, 2.24) is 14.9 Å². The number of unbranched alkanes of at least 4 members (excludes halogenated alkanes) is 1. The van der Waals surface area contributed by atoms with Gasteiger partial charge in [0.25, 0.3) is 0 Å². The monoisotopic (exact) mass is 650 g/mol. The van der Waals surface area contributed by atoms with Gasteiger partial charge in [-0.05, 0) is 71.8 Å². The van der Waals surface area contributed by atoms with Crippen LogP contribution in [-0.4, -0.2) is 37.5 Å². The molecule has 47 heavy (non-hydrogen) atoms. The fraction of sp³-hybridized carbons (Fsp3) is 0.194. The van der Waals surface area contributed by atoms with Crippen LogP contribution in [0.25, 0.3) is 32.2 Å². The van der Waals surface area contributed by atoms with E-state index in [1.54, 1.807) is 16.7 Å². The van der Waals surface area contributed by atoms with Gasteiger partial charge < -0.3 is 25.6 Å². The van der Waals surface area contributed by atoms with E-state index in [4.69, 9.17) is 0 Å². The smallest absolute Gasteiger partial charge is 0.409 e. The van der Waals surface area contributed by atoms with Crippen LogP contribution in [0.1, 0.15) is 35.6 Å². The largest absolute Gasteiger partial charge is 0.506 e. The highest BCUT2D eigenvalue weighted by Crippen LogP contribution is 2.30. The molecule has 6 aromatic rings. The Bertz CT molecular complexity index is 2170. The van der Waals surface area contributed by atoms with Crippen molar-refractivity contribution in [3.05, 3.63) is 128 Å². The Morgan fingerprint density at radius 1 is 0.915 bits per heavy atom. The lowest BCUT2D eigenvalue weighted by atomic mass is 9.99. The van der Waals surface area contributed by atoms with Crippen LogP contribution < -0.4 is 21.1 Å². The first kappa shape index (κ1) is 31.7. The molecule has 0 fully saturated rings. The number of benzene rings is 4. The molecule has 0 saturated heterocycles. The molecule has 6 rings (SSSR count). The molecule has 10 nitrogen and oxygen atoms in total. The number of aromatic nitrogens is 2. The lowest BCUT2D eigenvalue weighted by molar-refractivity contribution is 0.176. The summed E-state index contributed by atoms with van der Waals surface area (Å²) in [5.41, 5.74) is 5.73. The van der Waals surface area contributed by atoms with Crippen molar-refractivity contribution in [2.75, 3.05) is 11.9 Å². The Morgan fingerprint density at radius 3 is 2.53 bits per heavy atom. The molecular formula is C36H34N4O6S. The van der Waals surface area contributed by atoms with E-state index in [0.717, 1.165) is 51.7 Å². The van der Waals surface area contributed by atoms with Crippen LogP contribution in [0.2, 0.25) is 0 Å². The number of fused-ring (bicyclic) bond motifs is 2. The fourth-order valence-corrected chi connectivity index (χ4v) is 6.86. The Hall–Kier alpha value is -5.23. The summed E-state index contributed by atoms with van der Waals surface area (Å²) in [5.74, 6) is -0.0567. The lowest BCUT2D eigenvalue weighted by Gasteiger charge is -2.15. The number of H-pyrrole nitrogens is 1. The number of aliphatic hydroxyl groups is 1. The van der Waals surface area contributed by atoms with Crippen molar-refractivity contribution >= 4 is 44.2 Å². The SMILES string of the molecule is O=C(O)Nc1cc(CCCCn2c(=O)sc3cc(CNC[C@H](O)c4ccc(O)c5[nH]c(=O)ccc45)ccc32)ccc1-c1ccccc1. The van der Waals surface area contributed by atoms with Gasteiger partial charge in [0.1, 0.15) is 5.75 Å². The number of carbonyl (C=O) groups is 1. The van der Waals surface area contributed by atoms with Crippen molar-refractivity contribution < 1.29 is 20.1 Å². The molecule has 0 spiro atoms. The molecule has 6 N–H and O–H groups in total. The number of rotatable bonds is 12. The fourth-order valence-electron chi connectivity index (χ4n) is 5.88. The number of pyridine rings is 1. The zero-order valence-electron chi connectivity index (χ0n) is 25.4. The van der Waals surface area contributed by atoms with Gasteiger partial charge >= 0.3 is 11.0 Å². The van der Waals surface area contributed by atoms with Crippen molar-refractivity contribution in [2.24, 2.45) is 0 Å². The molecule has 4 aromatic carbocycles. The Kier molecular flexibility index (Phi) is 9.48. The maximum Gasteiger partial charge on any atom is 0.409 e. The van der Waals surface area contributed by atoms with Gasteiger partial charge in [0.2, 0.25) is 5.56 Å². The van der Waals surface area contributed by atoms with Gasteiger partial charge in [-0.2, -0.15) is 0 Å². The number of nitrogens with zero attached hydrogens (tertiary/aromatic N) is 1. The first-order chi connectivity index (χ1) is 22.8. The van der Waals surface area contributed by atoms with Gasteiger partial charge in [-0.15, -0.1) is 0 Å². The maximum atomic E-state index is 12.9. The third-order valence-corrected chi connectivity index (χ3v) is 9.11. The van der Waals surface area contributed by atoms with E-state index in [2.05, 4.69) is 15.6 Å². The molecule has 240 valence electrons. The molecular weight excluding hydrogens is 616 g/mol. The first-order valence-electron chi connectivity index (χ1n) is 15.3. The molecule has 0 unspecified atom stereocenters. The van der Waals surface area contributed by atoms with Crippen LogP contribution in [0.5, 0.6) is 5.75 Å². The maximum absolute atomic E-state index is 12.9. The van der Waals surface area contributed by atoms with Crippen molar-refractivity contribution in [1.29, 1.82) is 0 Å². The number of amides is 1. The highest BCUT2D eigenvalue weighted by atomic mass is 32.1. The minimum Gasteiger partial charge on any atom is -0.506 e. The number of aryl methyl sites for hydroxylation is 2. The van der Waals surface area contributed by atoms with Gasteiger partial charge in [0.15, 0.2) is 0 Å². The summed E-state index contributed by atoms with van der Waals surface area (Å²) in [6, 6.07) is 27.5. The standard InChI is InChI=1S/C36H34N4O6S/c41-30-15-12-26(27-13-16-33(43)39-34(27)30)31(42)21-37-20-23-10-14-29-32(19-23)47-36(46)40(29)17-5-4-6-22-9-11-25(24-7-2-1-3-8-24)28(18-22)38-35(44)45/h1-3,7-16,18-19,31,37-38,41-42H,4-6,17,20-21H2,(H,39,43)(H,44,45)/t31-/m0/s1. The molecule has 1 atom stereocenters. The van der Waals surface area contributed by atoms with Crippen LogP contribution in [0, 0.1) is 0 Å². The van der Waals surface area contributed by atoms with Crippen molar-refractivity contribution in [3.63, 3.8) is 0 Å². The number of carboxylic acid groups (broad SMARTS) is 1. The predicted molar refractivity (Wildman–Crippen MR) is 185 cm³/mol. The third-order valence-electron chi connectivity index (χ3n) is 8.17. The molecule has 0 aliphatic heterocycles. The van der Waals surface area contributed by atoms with Crippen LogP contribution in [0.15, 0.2) is 101 Å². The van der Waals surface area contributed by atoms with Crippen molar-refractivity contribution in [3.8, 4) is 16.9 Å². The number of phenols is 1. The molecule has 0 bridgehead atoms. The van der Waals surface area contributed by atoms with Gasteiger partial charge in [0.05, 0.1) is 27.5 Å². The molecule has 2 aromatic heterocycles. The Balaban J connectivity index is 1.05. The minimum atomic E-state index is -1.11. The molecule has 0 aliphatic rings. The third kappa shape index (κ3) is 7.28. The summed E-state index contributed by atoms with van der Waals surface area (Å²) in [7, 11) is 0. The van der Waals surface area contributed by atoms with E-state index in [9.17, 15) is 29.7 Å². The molecule has 0 saturated carbocycles. The second kappa shape index (κ2) is 14.0. The van der Waals surface area contributed by atoms with Crippen molar-refractivity contribution in [2.45, 2.75) is 38.5 Å². The van der Waals surface area contributed by atoms with Gasteiger partial charge in [0, 0.05) is 36.7 Å².